The minimum Gasteiger partial charge on any atom is -0.450 e. The number of hydrogen-bond acceptors (Lipinski definition) is 2. The Morgan fingerprint density at radius 3 is 2.46 bits per heavy atom. The number of esters is 1. The highest BCUT2D eigenvalue weighted by Gasteiger charge is 2.22. The minimum atomic E-state index is -0.214. The van der Waals surface area contributed by atoms with Gasteiger partial charge < -0.3 is 4.74 Å². The maximum Gasteiger partial charge on any atom is 0.334 e. The zero-order valence-electron chi connectivity index (χ0n) is 7.36. The first-order chi connectivity index (χ1) is 6.27. The van der Waals surface area contributed by atoms with E-state index < -0.39 is 0 Å². The molecule has 66 valence electrons. The molecule has 1 aromatic rings. The van der Waals surface area contributed by atoms with Gasteiger partial charge >= 0.3 is 5.97 Å². The average molecular weight is 174 g/mol. The highest BCUT2D eigenvalue weighted by atomic mass is 16.5. The fourth-order valence-electron chi connectivity index (χ4n) is 1.34. The average Bonchev–Trinajstić information content (AvgIpc) is 2.49. The van der Waals surface area contributed by atoms with Gasteiger partial charge in [0.2, 0.25) is 0 Å². The second-order valence-electron chi connectivity index (χ2n) is 3.09. The van der Waals surface area contributed by atoms with Gasteiger partial charge in [-0.15, -0.1) is 0 Å². The number of benzene rings is 1. The van der Waals surface area contributed by atoms with Gasteiger partial charge in [-0.1, -0.05) is 30.3 Å². The summed E-state index contributed by atoms with van der Waals surface area (Å²) in [4.78, 5) is 11.1. The molecule has 0 saturated carbocycles. The Labute approximate surface area is 76.8 Å². The number of rotatable bonds is 1. The molecule has 1 aliphatic rings. The molecule has 0 unspecified atom stereocenters. The molecule has 0 N–H and O–H groups in total. The van der Waals surface area contributed by atoms with Crippen LogP contribution in [0.3, 0.4) is 0 Å². The molecular formula is C11H10O2. The van der Waals surface area contributed by atoms with Crippen molar-refractivity contribution in [1.82, 2.24) is 0 Å². The summed E-state index contributed by atoms with van der Waals surface area (Å²) >= 11 is 0. The fourth-order valence-corrected chi connectivity index (χ4v) is 1.34. The Balaban J connectivity index is 2.27. The predicted molar refractivity (Wildman–Crippen MR) is 49.0 cm³/mol. The van der Waals surface area contributed by atoms with E-state index in [0.717, 1.165) is 5.56 Å². The Kier molecular flexibility index (Phi) is 1.89. The van der Waals surface area contributed by atoms with Crippen LogP contribution in [0.4, 0.5) is 0 Å². The number of cyclic esters (lactones) is 1. The number of ether oxygens (including phenoxy) is 1. The third-order valence-electron chi connectivity index (χ3n) is 2.09. The smallest absolute Gasteiger partial charge is 0.334 e. The highest BCUT2D eigenvalue weighted by Crippen LogP contribution is 2.26. The van der Waals surface area contributed by atoms with Crippen molar-refractivity contribution in [3.05, 3.63) is 47.5 Å². The summed E-state index contributed by atoms with van der Waals surface area (Å²) in [6.45, 7) is 1.77. The molecule has 1 heterocycles. The molecular weight excluding hydrogens is 164 g/mol. The third-order valence-corrected chi connectivity index (χ3v) is 2.09. The van der Waals surface area contributed by atoms with Crippen LogP contribution >= 0.6 is 0 Å². The SMILES string of the molecule is CC1=C[C@H](c2ccccc2)OC1=O. The van der Waals surface area contributed by atoms with Gasteiger partial charge in [0.05, 0.1) is 0 Å². The van der Waals surface area contributed by atoms with Crippen LogP contribution in [0.5, 0.6) is 0 Å². The van der Waals surface area contributed by atoms with Crippen LogP contribution in [0, 0.1) is 0 Å². The maximum atomic E-state index is 11.1. The van der Waals surface area contributed by atoms with Crippen molar-refractivity contribution in [3.63, 3.8) is 0 Å². The van der Waals surface area contributed by atoms with Crippen LogP contribution in [0.25, 0.3) is 0 Å². The molecule has 1 aliphatic heterocycles. The number of carbonyl (C=O) groups excluding carboxylic acids is 1. The van der Waals surface area contributed by atoms with Gasteiger partial charge in [0.1, 0.15) is 6.10 Å². The van der Waals surface area contributed by atoms with Gasteiger partial charge in [-0.25, -0.2) is 4.79 Å². The van der Waals surface area contributed by atoms with Gasteiger partial charge in [-0.2, -0.15) is 0 Å². The Morgan fingerprint density at radius 2 is 1.92 bits per heavy atom. The van der Waals surface area contributed by atoms with Crippen LogP contribution in [-0.2, 0) is 9.53 Å². The van der Waals surface area contributed by atoms with E-state index in [1.54, 1.807) is 6.92 Å². The summed E-state index contributed by atoms with van der Waals surface area (Å²) < 4.78 is 5.13. The highest BCUT2D eigenvalue weighted by molar-refractivity contribution is 5.90. The van der Waals surface area contributed by atoms with E-state index >= 15 is 0 Å². The summed E-state index contributed by atoms with van der Waals surface area (Å²) in [6.07, 6.45) is 1.66. The summed E-state index contributed by atoms with van der Waals surface area (Å²) in [6, 6.07) is 9.71. The van der Waals surface area contributed by atoms with Crippen LogP contribution in [-0.4, -0.2) is 5.97 Å². The lowest BCUT2D eigenvalue weighted by Crippen LogP contribution is -2.00. The molecule has 1 aromatic carbocycles. The summed E-state index contributed by atoms with van der Waals surface area (Å²) in [5, 5.41) is 0. The zero-order valence-corrected chi connectivity index (χ0v) is 7.36. The van der Waals surface area contributed by atoms with E-state index in [-0.39, 0.29) is 12.1 Å². The van der Waals surface area contributed by atoms with Crippen molar-refractivity contribution in [2.75, 3.05) is 0 Å². The fraction of sp³-hybridized carbons (Fsp3) is 0.182. The topological polar surface area (TPSA) is 26.3 Å². The quantitative estimate of drug-likeness (QED) is 0.610. The molecule has 0 spiro atoms. The normalized spacial score (nSPS) is 21.2. The molecule has 2 rings (SSSR count). The van der Waals surface area contributed by atoms with E-state index in [9.17, 15) is 4.79 Å². The number of carbonyl (C=O) groups is 1. The van der Waals surface area contributed by atoms with Gasteiger partial charge in [0, 0.05) is 5.57 Å². The molecule has 1 atom stereocenters. The zero-order chi connectivity index (χ0) is 9.26. The lowest BCUT2D eigenvalue weighted by Gasteiger charge is -2.07. The molecule has 13 heavy (non-hydrogen) atoms. The van der Waals surface area contributed by atoms with E-state index in [4.69, 9.17) is 4.74 Å². The molecule has 2 heteroatoms. The first-order valence-corrected chi connectivity index (χ1v) is 4.22. The predicted octanol–water partition coefficient (Wildman–Crippen LogP) is 2.23. The monoisotopic (exact) mass is 174 g/mol. The minimum absolute atomic E-state index is 0.186. The van der Waals surface area contributed by atoms with Crippen LogP contribution in [0.2, 0.25) is 0 Å². The summed E-state index contributed by atoms with van der Waals surface area (Å²) in [5.41, 5.74) is 1.71. The molecule has 0 saturated heterocycles. The van der Waals surface area contributed by atoms with Gasteiger partial charge in [0.15, 0.2) is 0 Å². The molecule has 0 aromatic heterocycles. The largest absolute Gasteiger partial charge is 0.450 e. The number of hydrogen-bond donors (Lipinski definition) is 0. The van der Waals surface area contributed by atoms with Gasteiger partial charge in [-0.3, -0.25) is 0 Å². The standard InChI is InChI=1S/C11H10O2/c1-8-7-10(13-11(8)12)9-5-3-2-4-6-9/h2-7,10H,1H3/t10-/m1/s1. The van der Waals surface area contributed by atoms with Crippen molar-refractivity contribution in [2.24, 2.45) is 0 Å². The Morgan fingerprint density at radius 1 is 1.23 bits per heavy atom. The van der Waals surface area contributed by atoms with Gasteiger partial charge in [-0.05, 0) is 18.6 Å². The third kappa shape index (κ3) is 1.47. The van der Waals surface area contributed by atoms with Crippen molar-refractivity contribution >= 4 is 5.97 Å². The Hall–Kier alpha value is -1.57. The van der Waals surface area contributed by atoms with Crippen molar-refractivity contribution < 1.29 is 9.53 Å². The van der Waals surface area contributed by atoms with E-state index in [2.05, 4.69) is 0 Å². The van der Waals surface area contributed by atoms with E-state index in [1.807, 2.05) is 36.4 Å². The van der Waals surface area contributed by atoms with Crippen molar-refractivity contribution in [3.8, 4) is 0 Å². The molecule has 0 bridgehead atoms. The maximum absolute atomic E-state index is 11.1. The first-order valence-electron chi connectivity index (χ1n) is 4.22. The molecule has 0 amide bonds. The Bertz CT molecular complexity index is 352. The van der Waals surface area contributed by atoms with E-state index in [1.165, 1.54) is 0 Å². The first kappa shape index (κ1) is 8.05. The lowest BCUT2D eigenvalue weighted by atomic mass is 10.1. The second-order valence-corrected chi connectivity index (χ2v) is 3.09. The molecule has 2 nitrogen and oxygen atoms in total. The summed E-state index contributed by atoms with van der Waals surface area (Å²) in [7, 11) is 0. The van der Waals surface area contributed by atoms with Crippen LogP contribution in [0.15, 0.2) is 42.0 Å². The van der Waals surface area contributed by atoms with Crippen LogP contribution in [0.1, 0.15) is 18.6 Å². The molecule has 0 radical (unpaired) electrons. The lowest BCUT2D eigenvalue weighted by molar-refractivity contribution is -0.139. The van der Waals surface area contributed by atoms with Crippen LogP contribution < -0.4 is 0 Å². The van der Waals surface area contributed by atoms with Crippen molar-refractivity contribution in [2.45, 2.75) is 13.0 Å². The van der Waals surface area contributed by atoms with E-state index in [0.29, 0.717) is 5.57 Å². The second kappa shape index (κ2) is 3.05. The van der Waals surface area contributed by atoms with Crippen molar-refractivity contribution in [1.29, 1.82) is 0 Å². The van der Waals surface area contributed by atoms with Gasteiger partial charge in [0.25, 0.3) is 0 Å². The molecule has 0 aliphatic carbocycles. The summed E-state index contributed by atoms with van der Waals surface area (Å²) in [5.74, 6) is -0.214. The molecule has 0 fully saturated rings.